The number of aromatic hydroxyl groups is 1. The smallest absolute Gasteiger partial charge is 0.282 e. The van der Waals surface area contributed by atoms with E-state index in [2.05, 4.69) is 21.9 Å². The maximum absolute atomic E-state index is 15.2. The van der Waals surface area contributed by atoms with Crippen molar-refractivity contribution in [3.05, 3.63) is 75.8 Å². The number of rotatable bonds is 5. The molecule has 0 spiro atoms. The number of carbonyl (C=O) groups is 2. The zero-order chi connectivity index (χ0) is 31.1. The first-order chi connectivity index (χ1) is 21.8. The lowest BCUT2D eigenvalue weighted by molar-refractivity contribution is -0.128. The van der Waals surface area contributed by atoms with Gasteiger partial charge in [-0.3, -0.25) is 19.0 Å². The minimum atomic E-state index is -0.785. The Balaban J connectivity index is 1.45. The highest BCUT2D eigenvalue weighted by atomic mass is 35.5. The van der Waals surface area contributed by atoms with Gasteiger partial charge in [0.2, 0.25) is 11.8 Å². The Morgan fingerprint density at radius 2 is 1.80 bits per heavy atom. The van der Waals surface area contributed by atoms with Crippen LogP contribution in [0.25, 0.3) is 28.0 Å². The van der Waals surface area contributed by atoms with E-state index in [1.165, 1.54) is 40.1 Å². The molecule has 2 aliphatic heterocycles. The molecule has 0 unspecified atom stereocenters. The van der Waals surface area contributed by atoms with Gasteiger partial charge < -0.3 is 20.2 Å². The lowest BCUT2D eigenvalue weighted by Crippen LogP contribution is -2.61. The van der Waals surface area contributed by atoms with Crippen LogP contribution < -0.4 is 15.8 Å². The Morgan fingerprint density at radius 1 is 1.09 bits per heavy atom. The van der Waals surface area contributed by atoms with Gasteiger partial charge in [0.15, 0.2) is 5.65 Å². The number of anilines is 2. The molecule has 0 bridgehead atoms. The van der Waals surface area contributed by atoms with Gasteiger partial charge in [0, 0.05) is 30.3 Å². The number of aromatic nitrogens is 4. The molecule has 4 aromatic rings. The molecule has 3 aromatic heterocycles. The van der Waals surface area contributed by atoms with Crippen molar-refractivity contribution < 1.29 is 19.1 Å². The van der Waals surface area contributed by atoms with E-state index in [9.17, 15) is 19.5 Å². The van der Waals surface area contributed by atoms with Crippen LogP contribution in [0.1, 0.15) is 48.9 Å². The number of nitrogens with zero attached hydrogens (tertiary/aromatic N) is 6. The van der Waals surface area contributed by atoms with Crippen LogP contribution in [0.3, 0.4) is 0 Å². The highest BCUT2D eigenvalue weighted by molar-refractivity contribution is 6.34. The fourth-order valence-corrected chi connectivity index (χ4v) is 6.81. The first-order valence-corrected chi connectivity index (χ1v) is 15.3. The molecular formula is C32H27ClFN7O4. The quantitative estimate of drug-likeness (QED) is 0.314. The summed E-state index contributed by atoms with van der Waals surface area (Å²) in [6.45, 7) is 4.20. The summed E-state index contributed by atoms with van der Waals surface area (Å²) in [5, 5.41) is 14.0. The fraction of sp³-hybridized carbons (Fsp3) is 0.312. The van der Waals surface area contributed by atoms with Gasteiger partial charge >= 0.3 is 0 Å². The molecule has 1 atom stereocenters. The number of phenolic OH excluding ortho intramolecular Hbond substituents is 1. The third kappa shape index (κ3) is 4.30. The van der Waals surface area contributed by atoms with Crippen molar-refractivity contribution in [3.63, 3.8) is 0 Å². The molecule has 2 amide bonds. The predicted molar refractivity (Wildman–Crippen MR) is 165 cm³/mol. The molecule has 2 saturated carbocycles. The van der Waals surface area contributed by atoms with Crippen molar-refractivity contribution in [3.8, 4) is 22.7 Å². The second kappa shape index (κ2) is 10.1. The summed E-state index contributed by atoms with van der Waals surface area (Å²) in [7, 11) is 0. The van der Waals surface area contributed by atoms with Gasteiger partial charge in [0.1, 0.15) is 29.6 Å². The second-order valence-electron chi connectivity index (χ2n) is 11.9. The molecule has 3 fully saturated rings. The van der Waals surface area contributed by atoms with Crippen molar-refractivity contribution in [2.45, 2.75) is 43.6 Å². The molecule has 5 heterocycles. The van der Waals surface area contributed by atoms with Crippen molar-refractivity contribution in [1.82, 2.24) is 24.4 Å². The van der Waals surface area contributed by atoms with Crippen molar-refractivity contribution >= 4 is 45.8 Å². The largest absolute Gasteiger partial charge is 0.507 e. The van der Waals surface area contributed by atoms with Crippen LogP contribution in [0.2, 0.25) is 5.02 Å². The van der Waals surface area contributed by atoms with Gasteiger partial charge in [-0.25, -0.2) is 19.3 Å². The Labute approximate surface area is 261 Å². The SMILES string of the molecule is C=CC(=O)N1CCN2c3c(c(=O)n(-c4c(C5CC5)ncnc4C4CC4)c4nc(-c5c(O)cccc5F)c(Cl)cc34)NC(=O)[C@H]2C1. The van der Waals surface area contributed by atoms with E-state index in [1.807, 2.05) is 0 Å². The Hall–Kier alpha value is -4.84. The molecule has 228 valence electrons. The number of carbonyl (C=O) groups excluding carboxylic acids is 2. The second-order valence-corrected chi connectivity index (χ2v) is 12.3. The van der Waals surface area contributed by atoms with Gasteiger partial charge in [0.05, 0.1) is 45.6 Å². The molecule has 2 aliphatic carbocycles. The minimum Gasteiger partial charge on any atom is -0.507 e. The highest BCUT2D eigenvalue weighted by Gasteiger charge is 2.43. The Kier molecular flexibility index (Phi) is 6.21. The zero-order valence-corrected chi connectivity index (χ0v) is 24.7. The van der Waals surface area contributed by atoms with Crippen LogP contribution in [-0.4, -0.2) is 67.0 Å². The van der Waals surface area contributed by atoms with E-state index >= 15 is 4.39 Å². The zero-order valence-electron chi connectivity index (χ0n) is 24.0. The Morgan fingerprint density at radius 3 is 2.44 bits per heavy atom. The van der Waals surface area contributed by atoms with Crippen LogP contribution in [0, 0.1) is 5.82 Å². The first-order valence-electron chi connectivity index (χ1n) is 14.9. The lowest BCUT2D eigenvalue weighted by atomic mass is 10.0. The normalized spacial score (nSPS) is 19.2. The molecule has 11 nitrogen and oxygen atoms in total. The van der Waals surface area contributed by atoms with Crippen molar-refractivity contribution in [2.24, 2.45) is 0 Å². The number of phenols is 1. The van der Waals surface area contributed by atoms with E-state index in [0.717, 1.165) is 37.1 Å². The maximum atomic E-state index is 15.2. The van der Waals surface area contributed by atoms with Crippen LogP contribution in [-0.2, 0) is 9.59 Å². The number of hydrogen-bond acceptors (Lipinski definition) is 8. The van der Waals surface area contributed by atoms with Crippen LogP contribution in [0.5, 0.6) is 5.75 Å². The van der Waals surface area contributed by atoms with Gasteiger partial charge in [-0.1, -0.05) is 24.2 Å². The predicted octanol–water partition coefficient (Wildman–Crippen LogP) is 4.25. The maximum Gasteiger partial charge on any atom is 0.282 e. The van der Waals surface area contributed by atoms with Gasteiger partial charge in [-0.15, -0.1) is 0 Å². The van der Waals surface area contributed by atoms with E-state index in [0.29, 0.717) is 23.3 Å². The number of fused-ring (bicyclic) bond motifs is 5. The average molecular weight is 628 g/mol. The molecule has 13 heteroatoms. The lowest BCUT2D eigenvalue weighted by Gasteiger charge is -2.45. The standard InChI is InChI=1S/C32H27ClFN7O4/c1-2-22(43)39-10-11-40-20(13-39)31(44)38-27-28(40)17-12-18(33)26(23-19(34)4-3-5-21(23)42)37-30(17)41(32(27)45)29-24(15-6-7-15)35-14-36-25(29)16-8-9-16/h2-5,12,14-16,20,42H,1,6-11,13H2,(H,38,44)/t20-/m1/s1. The molecule has 8 rings (SSSR count). The van der Waals surface area contributed by atoms with Crippen molar-refractivity contribution in [2.75, 3.05) is 29.9 Å². The summed E-state index contributed by atoms with van der Waals surface area (Å²) < 4.78 is 16.6. The third-order valence-corrected chi connectivity index (χ3v) is 9.33. The number of piperazine rings is 1. The van der Waals surface area contributed by atoms with Crippen LogP contribution >= 0.6 is 11.6 Å². The molecule has 1 saturated heterocycles. The van der Waals surface area contributed by atoms with E-state index < -0.39 is 23.3 Å². The minimum absolute atomic E-state index is 0.0385. The highest BCUT2D eigenvalue weighted by Crippen LogP contribution is 2.49. The number of amides is 2. The summed E-state index contributed by atoms with van der Waals surface area (Å²) in [5.74, 6) is -1.53. The van der Waals surface area contributed by atoms with E-state index in [4.69, 9.17) is 16.6 Å². The number of hydrogen-bond donors (Lipinski definition) is 2. The van der Waals surface area contributed by atoms with Gasteiger partial charge in [-0.2, -0.15) is 0 Å². The third-order valence-electron chi connectivity index (χ3n) is 9.04. The number of nitrogens with one attached hydrogen (secondary N) is 1. The van der Waals surface area contributed by atoms with Crippen LogP contribution in [0.15, 0.2) is 48.0 Å². The monoisotopic (exact) mass is 627 g/mol. The van der Waals surface area contributed by atoms with E-state index in [1.54, 1.807) is 11.0 Å². The van der Waals surface area contributed by atoms with Gasteiger partial charge in [-0.05, 0) is 50.0 Å². The summed E-state index contributed by atoms with van der Waals surface area (Å²) >= 11 is 6.81. The fourth-order valence-electron chi connectivity index (χ4n) is 6.57. The Bertz CT molecular complexity index is 1990. The number of benzene rings is 1. The average Bonchev–Trinajstić information content (AvgIpc) is 3.96. The summed E-state index contributed by atoms with van der Waals surface area (Å²) in [5.41, 5.74) is 1.83. The first kappa shape index (κ1) is 27.7. The number of halogens is 2. The molecule has 0 radical (unpaired) electrons. The molecule has 45 heavy (non-hydrogen) atoms. The summed E-state index contributed by atoms with van der Waals surface area (Å²) in [6, 6.07) is 4.72. The van der Waals surface area contributed by atoms with Crippen LogP contribution in [0.4, 0.5) is 15.8 Å². The molecule has 1 aromatic carbocycles. The molecule has 2 N–H and O–H groups in total. The molecule has 4 aliphatic rings. The molecular weight excluding hydrogens is 601 g/mol. The van der Waals surface area contributed by atoms with Crippen molar-refractivity contribution in [1.29, 1.82) is 0 Å². The number of pyridine rings is 2. The topological polar surface area (TPSA) is 134 Å². The van der Waals surface area contributed by atoms with E-state index in [-0.39, 0.29) is 64.2 Å². The van der Waals surface area contributed by atoms with Gasteiger partial charge in [0.25, 0.3) is 5.56 Å². The summed E-state index contributed by atoms with van der Waals surface area (Å²) in [6.07, 6.45) is 6.37. The summed E-state index contributed by atoms with van der Waals surface area (Å²) in [4.78, 5) is 58.1.